The summed E-state index contributed by atoms with van der Waals surface area (Å²) in [7, 11) is 3.93. The van der Waals surface area contributed by atoms with Gasteiger partial charge in [-0.1, -0.05) is 26.0 Å². The van der Waals surface area contributed by atoms with E-state index < -0.39 is 18.0 Å². The number of carboxylic acids is 1. The summed E-state index contributed by atoms with van der Waals surface area (Å²) in [6, 6.07) is 12.2. The molecule has 0 radical (unpaired) electrons. The molecule has 0 aliphatic heterocycles. The van der Waals surface area contributed by atoms with Gasteiger partial charge in [-0.15, -0.1) is 0 Å². The minimum Gasteiger partial charge on any atom is -0.475 e. The van der Waals surface area contributed by atoms with Gasteiger partial charge in [0.1, 0.15) is 5.82 Å². The van der Waals surface area contributed by atoms with Gasteiger partial charge < -0.3 is 25.5 Å². The zero-order chi connectivity index (χ0) is 27.5. The first-order chi connectivity index (χ1) is 16.7. The smallest absolute Gasteiger partial charge is 0.475 e. The Kier molecular flexibility index (Phi) is 11.8. The predicted octanol–water partition coefficient (Wildman–Crippen LogP) is 4.76. The minimum atomic E-state index is -5.08. The fraction of sp³-hybridized carbons (Fsp3) is 0.375. The Balaban J connectivity index is 0.000000809. The third-order valence-corrected chi connectivity index (χ3v) is 4.39. The SMILES string of the molecule is CC(C)CN(CCN(C)C)C(=O)Nc1cccc(C(=O)Nc2cccc(F)c2)c1.O=C(O)C(F)(F)F. The van der Waals surface area contributed by atoms with Crippen LogP contribution in [-0.2, 0) is 4.79 Å². The predicted molar refractivity (Wildman–Crippen MR) is 128 cm³/mol. The maximum absolute atomic E-state index is 13.3. The first kappa shape index (κ1) is 30.4. The Morgan fingerprint density at radius 3 is 2.00 bits per heavy atom. The van der Waals surface area contributed by atoms with Crippen LogP contribution in [0, 0.1) is 11.7 Å². The first-order valence-corrected chi connectivity index (χ1v) is 10.9. The molecule has 0 spiro atoms. The number of benzene rings is 2. The number of urea groups is 1. The van der Waals surface area contributed by atoms with Crippen LogP contribution in [0.25, 0.3) is 0 Å². The molecule has 2 rings (SSSR count). The quantitative estimate of drug-likeness (QED) is 0.441. The number of hydrogen-bond acceptors (Lipinski definition) is 4. The van der Waals surface area contributed by atoms with Crippen molar-refractivity contribution >= 4 is 29.3 Å². The molecule has 0 heterocycles. The van der Waals surface area contributed by atoms with Crippen LogP contribution in [0.3, 0.4) is 0 Å². The summed E-state index contributed by atoms with van der Waals surface area (Å²) in [6.45, 7) is 6.13. The Morgan fingerprint density at radius 2 is 1.50 bits per heavy atom. The van der Waals surface area contributed by atoms with Gasteiger partial charge in [0.05, 0.1) is 0 Å². The number of halogens is 4. The van der Waals surface area contributed by atoms with Crippen LogP contribution >= 0.6 is 0 Å². The van der Waals surface area contributed by atoms with Crippen molar-refractivity contribution in [1.29, 1.82) is 0 Å². The molecule has 0 saturated carbocycles. The molecule has 2 aromatic rings. The summed E-state index contributed by atoms with van der Waals surface area (Å²) in [4.78, 5) is 37.9. The summed E-state index contributed by atoms with van der Waals surface area (Å²) >= 11 is 0. The van der Waals surface area contributed by atoms with Crippen LogP contribution in [0.4, 0.5) is 33.7 Å². The van der Waals surface area contributed by atoms with Gasteiger partial charge in [-0.05, 0) is 56.4 Å². The second-order valence-corrected chi connectivity index (χ2v) is 8.42. The van der Waals surface area contributed by atoms with Gasteiger partial charge in [-0.2, -0.15) is 13.2 Å². The highest BCUT2D eigenvalue weighted by atomic mass is 19.4. The second kappa shape index (κ2) is 14.0. The molecule has 198 valence electrons. The maximum Gasteiger partial charge on any atom is 0.490 e. The highest BCUT2D eigenvalue weighted by molar-refractivity contribution is 6.05. The molecule has 0 bridgehead atoms. The van der Waals surface area contributed by atoms with Crippen LogP contribution in [0.5, 0.6) is 0 Å². The van der Waals surface area contributed by atoms with Crippen molar-refractivity contribution < 1.29 is 37.1 Å². The van der Waals surface area contributed by atoms with Crippen LogP contribution in [0.1, 0.15) is 24.2 Å². The molecule has 0 atom stereocenters. The van der Waals surface area contributed by atoms with E-state index in [2.05, 4.69) is 24.5 Å². The number of anilines is 2. The Bertz CT molecular complexity index is 1030. The van der Waals surface area contributed by atoms with E-state index in [0.29, 0.717) is 35.9 Å². The van der Waals surface area contributed by atoms with Crippen LogP contribution in [0.2, 0.25) is 0 Å². The molecule has 0 saturated heterocycles. The van der Waals surface area contributed by atoms with Gasteiger partial charge in [0.25, 0.3) is 5.91 Å². The van der Waals surface area contributed by atoms with Crippen molar-refractivity contribution in [3.05, 3.63) is 59.9 Å². The van der Waals surface area contributed by atoms with Gasteiger partial charge in [-0.3, -0.25) is 4.79 Å². The average molecular weight is 515 g/mol. The molecular weight excluding hydrogens is 484 g/mol. The molecule has 8 nitrogen and oxygen atoms in total. The fourth-order valence-electron chi connectivity index (χ4n) is 2.75. The molecule has 0 fully saturated rings. The Hall–Kier alpha value is -3.67. The molecular formula is C24H30F4N4O4. The Morgan fingerprint density at radius 1 is 0.944 bits per heavy atom. The molecule has 3 amide bonds. The maximum atomic E-state index is 13.3. The number of alkyl halides is 3. The number of hydrogen-bond donors (Lipinski definition) is 3. The molecule has 0 aliphatic rings. The van der Waals surface area contributed by atoms with E-state index in [1.54, 1.807) is 35.2 Å². The summed E-state index contributed by atoms with van der Waals surface area (Å²) in [5, 5.41) is 12.6. The van der Waals surface area contributed by atoms with E-state index >= 15 is 0 Å². The number of nitrogens with one attached hydrogen (secondary N) is 2. The highest BCUT2D eigenvalue weighted by Gasteiger charge is 2.38. The summed E-state index contributed by atoms with van der Waals surface area (Å²) in [5.41, 5.74) is 1.27. The molecule has 0 aliphatic carbocycles. The van der Waals surface area contributed by atoms with E-state index in [4.69, 9.17) is 9.90 Å². The standard InChI is InChI=1S/C22H29FN4O2.C2HF3O2/c1-16(2)15-27(12-11-26(3)4)22(29)25-19-9-5-7-17(13-19)21(28)24-20-10-6-8-18(23)14-20;3-2(4,5)1(6)7/h5-10,13-14,16H,11-12,15H2,1-4H3,(H,24,28)(H,25,29);(H,6,7). The van der Waals surface area contributed by atoms with Crippen LogP contribution in [0.15, 0.2) is 48.5 Å². The zero-order valence-corrected chi connectivity index (χ0v) is 20.4. The zero-order valence-electron chi connectivity index (χ0n) is 20.4. The van der Waals surface area contributed by atoms with Gasteiger partial charge in [0.2, 0.25) is 0 Å². The van der Waals surface area contributed by atoms with Crippen molar-refractivity contribution in [3.63, 3.8) is 0 Å². The lowest BCUT2D eigenvalue weighted by molar-refractivity contribution is -0.192. The Labute approximate surface area is 206 Å². The van der Waals surface area contributed by atoms with Crippen molar-refractivity contribution in [2.24, 2.45) is 5.92 Å². The van der Waals surface area contributed by atoms with Crippen molar-refractivity contribution in [2.75, 3.05) is 44.4 Å². The molecule has 2 aromatic carbocycles. The molecule has 12 heteroatoms. The third kappa shape index (κ3) is 11.6. The molecule has 0 aromatic heterocycles. The van der Waals surface area contributed by atoms with E-state index in [-0.39, 0.29) is 11.9 Å². The molecule has 3 N–H and O–H groups in total. The lowest BCUT2D eigenvalue weighted by Crippen LogP contribution is -2.41. The van der Waals surface area contributed by atoms with Crippen LogP contribution in [-0.4, -0.2) is 72.7 Å². The number of rotatable bonds is 8. The highest BCUT2D eigenvalue weighted by Crippen LogP contribution is 2.16. The molecule has 36 heavy (non-hydrogen) atoms. The molecule has 0 unspecified atom stereocenters. The number of carbonyl (C=O) groups is 3. The van der Waals surface area contributed by atoms with Crippen LogP contribution < -0.4 is 10.6 Å². The first-order valence-electron chi connectivity index (χ1n) is 10.9. The fourth-order valence-corrected chi connectivity index (χ4v) is 2.75. The van der Waals surface area contributed by atoms with Gasteiger partial charge in [0.15, 0.2) is 0 Å². The number of carbonyl (C=O) groups excluding carboxylic acids is 2. The monoisotopic (exact) mass is 514 g/mol. The van der Waals surface area contributed by atoms with Gasteiger partial charge >= 0.3 is 18.2 Å². The second-order valence-electron chi connectivity index (χ2n) is 8.42. The number of aliphatic carboxylic acids is 1. The van der Waals surface area contributed by atoms with E-state index in [1.165, 1.54) is 18.2 Å². The van der Waals surface area contributed by atoms with E-state index in [0.717, 1.165) is 6.54 Å². The topological polar surface area (TPSA) is 102 Å². The third-order valence-electron chi connectivity index (χ3n) is 4.39. The largest absolute Gasteiger partial charge is 0.490 e. The van der Waals surface area contributed by atoms with Gasteiger partial charge in [0, 0.05) is 36.6 Å². The van der Waals surface area contributed by atoms with Crippen molar-refractivity contribution in [1.82, 2.24) is 9.80 Å². The number of carboxylic acid groups (broad SMARTS) is 1. The average Bonchev–Trinajstić information content (AvgIpc) is 2.76. The summed E-state index contributed by atoms with van der Waals surface area (Å²) in [6.07, 6.45) is -5.08. The number of amides is 3. The lowest BCUT2D eigenvalue weighted by atomic mass is 10.1. The van der Waals surface area contributed by atoms with Gasteiger partial charge in [-0.25, -0.2) is 14.0 Å². The lowest BCUT2D eigenvalue weighted by Gasteiger charge is -2.26. The van der Waals surface area contributed by atoms with E-state index in [1.807, 2.05) is 19.0 Å². The number of nitrogens with zero attached hydrogens (tertiary/aromatic N) is 2. The minimum absolute atomic E-state index is 0.205. The normalized spacial score (nSPS) is 10.9. The number of likely N-dealkylation sites (N-methyl/N-ethyl adjacent to an activating group) is 1. The summed E-state index contributed by atoms with van der Waals surface area (Å²) < 4.78 is 45.0. The summed E-state index contributed by atoms with van der Waals surface area (Å²) in [5.74, 6) is -3.22. The van der Waals surface area contributed by atoms with E-state index in [9.17, 15) is 27.2 Å². The van der Waals surface area contributed by atoms with Crippen molar-refractivity contribution in [3.8, 4) is 0 Å². The van der Waals surface area contributed by atoms with Crippen molar-refractivity contribution in [2.45, 2.75) is 20.0 Å².